The Balaban J connectivity index is 1.78. The molecule has 150 valence electrons. The molecule has 3 aromatic rings. The first-order valence-electron chi connectivity index (χ1n) is 9.36. The summed E-state index contributed by atoms with van der Waals surface area (Å²) in [5.41, 5.74) is 2.63. The quantitative estimate of drug-likeness (QED) is 0.397. The number of nitrogens with zero attached hydrogens (tertiary/aromatic N) is 1. The fourth-order valence-corrected chi connectivity index (χ4v) is 4.08. The van der Waals surface area contributed by atoms with E-state index in [0.29, 0.717) is 16.8 Å². The Morgan fingerprint density at radius 2 is 1.59 bits per heavy atom. The van der Waals surface area contributed by atoms with Crippen LogP contribution >= 0.6 is 0 Å². The lowest BCUT2D eigenvalue weighted by Crippen LogP contribution is -2.12. The molecule has 0 spiro atoms. The third kappa shape index (κ3) is 5.00. The van der Waals surface area contributed by atoms with Gasteiger partial charge in [-0.25, -0.2) is 8.42 Å². The average molecular weight is 410 g/mol. The molecule has 1 N–H and O–H groups in total. The predicted molar refractivity (Wildman–Crippen MR) is 114 cm³/mol. The maximum atomic E-state index is 12.6. The van der Waals surface area contributed by atoms with E-state index in [0.717, 1.165) is 24.8 Å². The van der Waals surface area contributed by atoms with Crippen LogP contribution in [0.3, 0.4) is 0 Å². The molecule has 0 saturated heterocycles. The number of para-hydroxylation sites is 1. The molecular formula is C22H22N2O4S. The van der Waals surface area contributed by atoms with Gasteiger partial charge >= 0.3 is 0 Å². The van der Waals surface area contributed by atoms with Crippen molar-refractivity contribution in [3.63, 3.8) is 0 Å². The fourth-order valence-electron chi connectivity index (χ4n) is 3.03. The van der Waals surface area contributed by atoms with Crippen LogP contribution in [-0.4, -0.2) is 13.3 Å². The normalized spacial score (nSPS) is 11.2. The van der Waals surface area contributed by atoms with Gasteiger partial charge in [-0.15, -0.1) is 0 Å². The molecule has 0 bridgehead atoms. The number of unbranched alkanes of at least 4 members (excludes halogenated alkanes) is 1. The molecule has 0 aliphatic heterocycles. The van der Waals surface area contributed by atoms with Crippen molar-refractivity contribution < 1.29 is 13.3 Å². The molecule has 0 aromatic heterocycles. The Morgan fingerprint density at radius 3 is 2.21 bits per heavy atom. The average Bonchev–Trinajstić information content (AvgIpc) is 2.73. The molecular weight excluding hydrogens is 388 g/mol. The van der Waals surface area contributed by atoms with Gasteiger partial charge in [-0.2, -0.15) is 0 Å². The second-order valence-corrected chi connectivity index (χ2v) is 8.39. The minimum absolute atomic E-state index is 0.00370. The molecule has 0 amide bonds. The first-order chi connectivity index (χ1) is 13.9. The van der Waals surface area contributed by atoms with Crippen LogP contribution in [0.1, 0.15) is 25.3 Å². The molecule has 3 aromatic carbocycles. The molecule has 0 atom stereocenters. The largest absolute Gasteiger partial charge is 0.280 e. The highest BCUT2D eigenvalue weighted by atomic mass is 32.2. The summed E-state index contributed by atoms with van der Waals surface area (Å²) < 4.78 is 27.8. The first kappa shape index (κ1) is 20.5. The molecule has 0 radical (unpaired) electrons. The summed E-state index contributed by atoms with van der Waals surface area (Å²) in [6.07, 6.45) is 3.08. The minimum atomic E-state index is -3.71. The maximum absolute atomic E-state index is 12.6. The van der Waals surface area contributed by atoms with Crippen LogP contribution in [0.15, 0.2) is 77.7 Å². The molecule has 6 nitrogen and oxygen atoms in total. The fraction of sp³-hybridized carbons (Fsp3) is 0.182. The summed E-state index contributed by atoms with van der Waals surface area (Å²) in [6.45, 7) is 2.12. The van der Waals surface area contributed by atoms with Crippen molar-refractivity contribution in [1.82, 2.24) is 0 Å². The summed E-state index contributed by atoms with van der Waals surface area (Å²) in [5.74, 6) is 0. The van der Waals surface area contributed by atoms with Crippen LogP contribution in [0.5, 0.6) is 0 Å². The Labute approximate surface area is 170 Å². The number of hydrogen-bond donors (Lipinski definition) is 1. The summed E-state index contributed by atoms with van der Waals surface area (Å²) >= 11 is 0. The van der Waals surface area contributed by atoms with Crippen LogP contribution in [0.25, 0.3) is 11.1 Å². The molecule has 0 saturated carbocycles. The lowest BCUT2D eigenvalue weighted by Gasteiger charge is -2.10. The van der Waals surface area contributed by atoms with Gasteiger partial charge in [-0.05, 0) is 54.3 Å². The van der Waals surface area contributed by atoms with Crippen LogP contribution in [0, 0.1) is 10.1 Å². The highest BCUT2D eigenvalue weighted by Crippen LogP contribution is 2.30. The highest BCUT2D eigenvalue weighted by Gasteiger charge is 2.16. The van der Waals surface area contributed by atoms with Gasteiger partial charge in [0.15, 0.2) is 0 Å². The van der Waals surface area contributed by atoms with Gasteiger partial charge in [0.1, 0.15) is 0 Å². The third-order valence-electron chi connectivity index (χ3n) is 4.60. The predicted octanol–water partition coefficient (Wildman–Crippen LogP) is 5.41. The van der Waals surface area contributed by atoms with Crippen molar-refractivity contribution in [3.05, 3.63) is 88.5 Å². The summed E-state index contributed by atoms with van der Waals surface area (Å²) in [5, 5.41) is 11.2. The second-order valence-electron chi connectivity index (χ2n) is 6.70. The van der Waals surface area contributed by atoms with E-state index in [-0.39, 0.29) is 10.6 Å². The summed E-state index contributed by atoms with van der Waals surface area (Å²) in [4.78, 5) is 11.0. The van der Waals surface area contributed by atoms with Crippen LogP contribution in [0.2, 0.25) is 0 Å². The van der Waals surface area contributed by atoms with E-state index in [2.05, 4.69) is 11.6 Å². The van der Waals surface area contributed by atoms with Gasteiger partial charge in [0.2, 0.25) is 0 Å². The minimum Gasteiger partial charge on any atom is -0.280 e. The van der Waals surface area contributed by atoms with E-state index >= 15 is 0 Å². The van der Waals surface area contributed by atoms with Crippen molar-refractivity contribution in [2.75, 3.05) is 4.72 Å². The van der Waals surface area contributed by atoms with Gasteiger partial charge < -0.3 is 0 Å². The third-order valence-corrected chi connectivity index (χ3v) is 6.00. The Hall–Kier alpha value is -3.19. The Kier molecular flexibility index (Phi) is 6.29. The van der Waals surface area contributed by atoms with Gasteiger partial charge in [-0.1, -0.05) is 49.7 Å². The smallest absolute Gasteiger partial charge is 0.277 e. The van der Waals surface area contributed by atoms with E-state index < -0.39 is 14.9 Å². The number of benzene rings is 3. The highest BCUT2D eigenvalue weighted by molar-refractivity contribution is 7.92. The second kappa shape index (κ2) is 8.87. The molecule has 29 heavy (non-hydrogen) atoms. The van der Waals surface area contributed by atoms with E-state index in [1.54, 1.807) is 54.6 Å². The molecule has 0 fully saturated rings. The van der Waals surface area contributed by atoms with Gasteiger partial charge in [-0.3, -0.25) is 14.8 Å². The number of anilines is 1. The molecule has 0 aliphatic rings. The molecule has 3 rings (SSSR count). The van der Waals surface area contributed by atoms with Crippen LogP contribution < -0.4 is 4.72 Å². The number of aryl methyl sites for hydroxylation is 1. The monoisotopic (exact) mass is 410 g/mol. The van der Waals surface area contributed by atoms with Crippen molar-refractivity contribution in [2.45, 2.75) is 31.1 Å². The first-order valence-corrected chi connectivity index (χ1v) is 10.8. The van der Waals surface area contributed by atoms with Gasteiger partial charge in [0, 0.05) is 11.8 Å². The zero-order chi connectivity index (χ0) is 20.9. The van der Waals surface area contributed by atoms with Crippen molar-refractivity contribution in [3.8, 4) is 11.1 Å². The Morgan fingerprint density at radius 1 is 0.931 bits per heavy atom. The standard InChI is InChI=1S/C22H22N2O4S/c1-2-3-6-17-9-15-20(16-10-17)29(27,28)23-19-13-11-18(12-14-19)21-7-4-5-8-22(21)24(25)26/h4-5,7-16,23H,2-3,6H2,1H3. The van der Waals surface area contributed by atoms with Crippen molar-refractivity contribution in [1.29, 1.82) is 0 Å². The van der Waals surface area contributed by atoms with Crippen LogP contribution in [-0.2, 0) is 16.4 Å². The lowest BCUT2D eigenvalue weighted by molar-refractivity contribution is -0.384. The zero-order valence-corrected chi connectivity index (χ0v) is 16.9. The van der Waals surface area contributed by atoms with E-state index in [9.17, 15) is 18.5 Å². The number of rotatable bonds is 8. The molecule has 7 heteroatoms. The number of nitro benzene ring substituents is 1. The zero-order valence-electron chi connectivity index (χ0n) is 16.0. The SMILES string of the molecule is CCCCc1ccc(S(=O)(=O)Nc2ccc(-c3ccccc3[N+](=O)[O-])cc2)cc1. The topological polar surface area (TPSA) is 89.3 Å². The number of hydrogen-bond acceptors (Lipinski definition) is 4. The summed E-state index contributed by atoms with van der Waals surface area (Å²) in [7, 11) is -3.71. The number of sulfonamides is 1. The van der Waals surface area contributed by atoms with E-state index in [1.165, 1.54) is 6.07 Å². The molecule has 0 aliphatic carbocycles. The van der Waals surface area contributed by atoms with Crippen molar-refractivity contribution in [2.24, 2.45) is 0 Å². The molecule has 0 unspecified atom stereocenters. The number of nitro groups is 1. The summed E-state index contributed by atoms with van der Waals surface area (Å²) in [6, 6.07) is 19.8. The van der Waals surface area contributed by atoms with Gasteiger partial charge in [0.05, 0.1) is 15.4 Å². The maximum Gasteiger partial charge on any atom is 0.277 e. The van der Waals surface area contributed by atoms with E-state index in [4.69, 9.17) is 0 Å². The van der Waals surface area contributed by atoms with E-state index in [1.807, 2.05) is 12.1 Å². The van der Waals surface area contributed by atoms with Crippen molar-refractivity contribution >= 4 is 21.4 Å². The van der Waals surface area contributed by atoms with Crippen LogP contribution in [0.4, 0.5) is 11.4 Å². The number of nitrogens with one attached hydrogen (secondary N) is 1. The Bertz CT molecular complexity index is 1090. The van der Waals surface area contributed by atoms with Gasteiger partial charge in [0.25, 0.3) is 15.7 Å². The lowest BCUT2D eigenvalue weighted by atomic mass is 10.0. The molecule has 0 heterocycles.